The van der Waals surface area contributed by atoms with Gasteiger partial charge in [-0.05, 0) is 40.2 Å². The number of hydrogen-bond acceptors (Lipinski definition) is 4. The number of esters is 1. The third kappa shape index (κ3) is 4.94. The average Bonchev–Trinajstić information content (AvgIpc) is 2.17. The Morgan fingerprint density at radius 2 is 2.25 bits per heavy atom. The first-order valence-corrected chi connectivity index (χ1v) is 6.15. The van der Waals surface area contributed by atoms with E-state index in [0.717, 1.165) is 32.5 Å². The maximum atomic E-state index is 11.5. The summed E-state index contributed by atoms with van der Waals surface area (Å²) in [5, 5.41) is 0. The molecule has 4 nitrogen and oxygen atoms in total. The van der Waals surface area contributed by atoms with Crippen LogP contribution in [0.25, 0.3) is 0 Å². The predicted molar refractivity (Wildman–Crippen MR) is 62.3 cm³/mol. The lowest BCUT2D eigenvalue weighted by Gasteiger charge is -2.31. The van der Waals surface area contributed by atoms with E-state index in [1.165, 1.54) is 0 Å². The molecule has 94 valence electrons. The minimum absolute atomic E-state index is 0.0278. The van der Waals surface area contributed by atoms with E-state index in [9.17, 15) is 4.79 Å². The molecule has 0 aromatic rings. The molecular formula is C12H23NO3. The topological polar surface area (TPSA) is 38.8 Å². The number of rotatable bonds is 5. The molecule has 0 aromatic carbocycles. The summed E-state index contributed by atoms with van der Waals surface area (Å²) in [6.07, 6.45) is 2.45. The number of piperidine rings is 1. The molecule has 1 heterocycles. The van der Waals surface area contributed by atoms with Crippen LogP contribution in [0.15, 0.2) is 0 Å². The molecule has 1 aliphatic heterocycles. The minimum atomic E-state index is -0.132. The second-order valence-corrected chi connectivity index (χ2v) is 4.49. The van der Waals surface area contributed by atoms with E-state index in [4.69, 9.17) is 9.47 Å². The van der Waals surface area contributed by atoms with E-state index in [2.05, 4.69) is 4.90 Å². The highest BCUT2D eigenvalue weighted by Gasteiger charge is 2.22. The Bertz CT molecular complexity index is 216. The predicted octanol–water partition coefficient (Wildman–Crippen LogP) is 1.44. The van der Waals surface area contributed by atoms with E-state index >= 15 is 0 Å². The molecule has 0 aromatic heterocycles. The Balaban J connectivity index is 2.28. The van der Waals surface area contributed by atoms with Crippen LogP contribution in [0.2, 0.25) is 0 Å². The van der Waals surface area contributed by atoms with E-state index < -0.39 is 0 Å². The Morgan fingerprint density at radius 3 is 2.88 bits per heavy atom. The molecule has 0 aliphatic carbocycles. The first kappa shape index (κ1) is 13.5. The number of carbonyl (C=O) groups is 1. The molecule has 1 rings (SSSR count). The molecule has 0 bridgehead atoms. The monoisotopic (exact) mass is 229 g/mol. The van der Waals surface area contributed by atoms with E-state index in [1.807, 2.05) is 20.8 Å². The van der Waals surface area contributed by atoms with Crippen molar-refractivity contribution in [1.29, 1.82) is 0 Å². The van der Waals surface area contributed by atoms with Crippen molar-refractivity contribution >= 4 is 5.97 Å². The molecule has 1 unspecified atom stereocenters. The van der Waals surface area contributed by atoms with Gasteiger partial charge in [0.2, 0.25) is 0 Å². The number of hydrogen-bond donors (Lipinski definition) is 0. The number of carbonyl (C=O) groups excluding carboxylic acids is 1. The van der Waals surface area contributed by atoms with Gasteiger partial charge in [-0.3, -0.25) is 9.69 Å². The highest BCUT2D eigenvalue weighted by atomic mass is 16.5. The second kappa shape index (κ2) is 6.86. The summed E-state index contributed by atoms with van der Waals surface area (Å²) in [4.78, 5) is 13.6. The van der Waals surface area contributed by atoms with Gasteiger partial charge in [-0.15, -0.1) is 0 Å². The fraction of sp³-hybridized carbons (Fsp3) is 0.917. The van der Waals surface area contributed by atoms with Gasteiger partial charge in [-0.2, -0.15) is 0 Å². The van der Waals surface area contributed by atoms with Crippen molar-refractivity contribution in [3.63, 3.8) is 0 Å². The highest BCUT2D eigenvalue weighted by molar-refractivity contribution is 5.71. The van der Waals surface area contributed by atoms with Gasteiger partial charge in [0, 0.05) is 13.2 Å². The van der Waals surface area contributed by atoms with Crippen LogP contribution in [-0.4, -0.2) is 49.3 Å². The van der Waals surface area contributed by atoms with Crippen LogP contribution in [0.1, 0.15) is 33.6 Å². The minimum Gasteiger partial charge on any atom is -0.462 e. The van der Waals surface area contributed by atoms with Crippen molar-refractivity contribution in [2.24, 2.45) is 0 Å². The van der Waals surface area contributed by atoms with Crippen LogP contribution >= 0.6 is 0 Å². The van der Waals surface area contributed by atoms with Crippen LogP contribution in [0.3, 0.4) is 0 Å². The largest absolute Gasteiger partial charge is 0.462 e. The summed E-state index contributed by atoms with van der Waals surface area (Å²) in [7, 11) is 0. The molecule has 16 heavy (non-hydrogen) atoms. The number of nitrogens with zero attached hydrogens (tertiary/aromatic N) is 1. The molecular weight excluding hydrogens is 206 g/mol. The molecule has 0 radical (unpaired) electrons. The smallest absolute Gasteiger partial charge is 0.320 e. The van der Waals surface area contributed by atoms with Gasteiger partial charge < -0.3 is 9.47 Å². The normalized spacial score (nSPS) is 22.4. The molecule has 1 aliphatic rings. The van der Waals surface area contributed by atoms with Gasteiger partial charge in [0.15, 0.2) is 0 Å². The van der Waals surface area contributed by atoms with Crippen molar-refractivity contribution in [2.45, 2.75) is 45.8 Å². The molecule has 0 saturated carbocycles. The lowest BCUT2D eigenvalue weighted by Crippen LogP contribution is -2.42. The Labute approximate surface area is 97.9 Å². The third-order valence-electron chi connectivity index (χ3n) is 2.58. The maximum Gasteiger partial charge on any atom is 0.320 e. The zero-order valence-electron chi connectivity index (χ0n) is 10.6. The third-order valence-corrected chi connectivity index (χ3v) is 2.58. The quantitative estimate of drug-likeness (QED) is 0.669. The SMILES string of the molecule is CCOC1CCCN(CC(=O)OC(C)C)C1. The second-order valence-electron chi connectivity index (χ2n) is 4.49. The van der Waals surface area contributed by atoms with Crippen LogP contribution in [0.4, 0.5) is 0 Å². The summed E-state index contributed by atoms with van der Waals surface area (Å²) in [5.74, 6) is -0.132. The summed E-state index contributed by atoms with van der Waals surface area (Å²) < 4.78 is 10.7. The lowest BCUT2D eigenvalue weighted by atomic mass is 10.1. The summed E-state index contributed by atoms with van der Waals surface area (Å²) >= 11 is 0. The number of likely N-dealkylation sites (tertiary alicyclic amines) is 1. The summed E-state index contributed by atoms with van der Waals surface area (Å²) in [6.45, 7) is 8.70. The zero-order chi connectivity index (χ0) is 12.0. The zero-order valence-corrected chi connectivity index (χ0v) is 10.6. The molecule has 0 amide bonds. The average molecular weight is 229 g/mol. The van der Waals surface area contributed by atoms with Crippen molar-refractivity contribution in [3.8, 4) is 0 Å². The first-order chi connectivity index (χ1) is 7.61. The van der Waals surface area contributed by atoms with E-state index in [0.29, 0.717) is 6.54 Å². The standard InChI is InChI=1S/C12H23NO3/c1-4-15-11-6-5-7-13(8-11)9-12(14)16-10(2)3/h10-11H,4-9H2,1-3H3. The molecule has 1 saturated heterocycles. The van der Waals surface area contributed by atoms with Gasteiger partial charge in [0.1, 0.15) is 0 Å². The van der Waals surface area contributed by atoms with Crippen molar-refractivity contribution in [1.82, 2.24) is 4.90 Å². The van der Waals surface area contributed by atoms with Crippen LogP contribution in [0.5, 0.6) is 0 Å². The summed E-state index contributed by atoms with van der Waals surface area (Å²) in [5.41, 5.74) is 0. The molecule has 1 atom stereocenters. The number of ether oxygens (including phenoxy) is 2. The van der Waals surface area contributed by atoms with Gasteiger partial charge in [0.05, 0.1) is 18.8 Å². The Kier molecular flexibility index (Phi) is 5.77. The fourth-order valence-electron chi connectivity index (χ4n) is 2.01. The molecule has 4 heteroatoms. The van der Waals surface area contributed by atoms with Crippen molar-refractivity contribution < 1.29 is 14.3 Å². The van der Waals surface area contributed by atoms with Gasteiger partial charge in [0.25, 0.3) is 0 Å². The highest BCUT2D eigenvalue weighted by Crippen LogP contribution is 2.13. The fourth-order valence-corrected chi connectivity index (χ4v) is 2.01. The Morgan fingerprint density at radius 1 is 1.50 bits per heavy atom. The molecule has 0 N–H and O–H groups in total. The van der Waals surface area contributed by atoms with Crippen LogP contribution < -0.4 is 0 Å². The lowest BCUT2D eigenvalue weighted by molar-refractivity contribution is -0.149. The van der Waals surface area contributed by atoms with Crippen molar-refractivity contribution in [2.75, 3.05) is 26.2 Å². The van der Waals surface area contributed by atoms with Crippen LogP contribution in [-0.2, 0) is 14.3 Å². The summed E-state index contributed by atoms with van der Waals surface area (Å²) in [6, 6.07) is 0. The van der Waals surface area contributed by atoms with Gasteiger partial charge >= 0.3 is 5.97 Å². The van der Waals surface area contributed by atoms with Crippen molar-refractivity contribution in [3.05, 3.63) is 0 Å². The first-order valence-electron chi connectivity index (χ1n) is 6.15. The van der Waals surface area contributed by atoms with Gasteiger partial charge in [-0.1, -0.05) is 0 Å². The Hall–Kier alpha value is -0.610. The molecule has 1 fully saturated rings. The van der Waals surface area contributed by atoms with E-state index in [-0.39, 0.29) is 18.2 Å². The maximum absolute atomic E-state index is 11.5. The molecule has 0 spiro atoms. The van der Waals surface area contributed by atoms with E-state index in [1.54, 1.807) is 0 Å². The van der Waals surface area contributed by atoms with Gasteiger partial charge in [-0.25, -0.2) is 0 Å². The van der Waals surface area contributed by atoms with Crippen LogP contribution in [0, 0.1) is 0 Å².